The van der Waals surface area contributed by atoms with Crippen molar-refractivity contribution in [2.75, 3.05) is 24.6 Å². The van der Waals surface area contributed by atoms with Gasteiger partial charge >= 0.3 is 12.0 Å². The van der Waals surface area contributed by atoms with Crippen molar-refractivity contribution in [1.82, 2.24) is 5.32 Å². The molecule has 3 N–H and O–H groups in total. The lowest BCUT2D eigenvalue weighted by molar-refractivity contribution is -0.146. The van der Waals surface area contributed by atoms with E-state index in [-0.39, 0.29) is 19.0 Å². The SMILES string of the molecule is O=C(O)[C@@H](O)CCNC(=O)N1CCCOc2ccccc21. The largest absolute Gasteiger partial charge is 0.491 e. The van der Waals surface area contributed by atoms with Gasteiger partial charge in [0, 0.05) is 19.5 Å². The highest BCUT2D eigenvalue weighted by Gasteiger charge is 2.22. The number of carbonyl (C=O) groups is 2. The third-order valence-electron chi connectivity index (χ3n) is 3.16. The van der Waals surface area contributed by atoms with E-state index in [1.54, 1.807) is 17.0 Å². The molecule has 0 unspecified atom stereocenters. The van der Waals surface area contributed by atoms with Crippen LogP contribution < -0.4 is 15.0 Å². The van der Waals surface area contributed by atoms with Crippen molar-refractivity contribution in [3.63, 3.8) is 0 Å². The maximum absolute atomic E-state index is 12.2. The number of para-hydroxylation sites is 2. The molecule has 0 saturated carbocycles. The Balaban J connectivity index is 1.97. The lowest BCUT2D eigenvalue weighted by Crippen LogP contribution is -2.41. The van der Waals surface area contributed by atoms with Crippen LogP contribution in [0.3, 0.4) is 0 Å². The molecule has 0 aliphatic carbocycles. The van der Waals surface area contributed by atoms with Gasteiger partial charge in [-0.3, -0.25) is 4.90 Å². The van der Waals surface area contributed by atoms with Crippen LogP contribution in [-0.4, -0.2) is 48.0 Å². The van der Waals surface area contributed by atoms with Gasteiger partial charge in [0.2, 0.25) is 0 Å². The van der Waals surface area contributed by atoms with Crippen LogP contribution in [-0.2, 0) is 4.79 Å². The van der Waals surface area contributed by atoms with Gasteiger partial charge in [0.1, 0.15) is 5.75 Å². The Kier molecular flexibility index (Phi) is 4.99. The van der Waals surface area contributed by atoms with E-state index in [9.17, 15) is 9.59 Å². The summed E-state index contributed by atoms with van der Waals surface area (Å²) >= 11 is 0. The fourth-order valence-electron chi connectivity index (χ4n) is 2.07. The van der Waals surface area contributed by atoms with E-state index in [1.165, 1.54) is 0 Å². The second kappa shape index (κ2) is 6.94. The number of amides is 2. The molecule has 1 atom stereocenters. The van der Waals surface area contributed by atoms with E-state index in [0.717, 1.165) is 0 Å². The first-order chi connectivity index (χ1) is 10.1. The predicted molar refractivity (Wildman–Crippen MR) is 75.6 cm³/mol. The fourth-order valence-corrected chi connectivity index (χ4v) is 2.07. The number of nitrogens with one attached hydrogen (secondary N) is 1. The normalized spacial score (nSPS) is 15.4. The minimum atomic E-state index is -1.47. The van der Waals surface area contributed by atoms with Crippen molar-refractivity contribution < 1.29 is 24.5 Å². The van der Waals surface area contributed by atoms with Crippen LogP contribution in [0.15, 0.2) is 24.3 Å². The molecule has 1 heterocycles. The molecule has 0 bridgehead atoms. The van der Waals surface area contributed by atoms with Crippen LogP contribution in [0, 0.1) is 0 Å². The Morgan fingerprint density at radius 3 is 2.90 bits per heavy atom. The summed E-state index contributed by atoms with van der Waals surface area (Å²) in [5.41, 5.74) is 0.686. The average molecular weight is 294 g/mol. The van der Waals surface area contributed by atoms with E-state index >= 15 is 0 Å². The summed E-state index contributed by atoms with van der Waals surface area (Å²) in [7, 11) is 0. The van der Waals surface area contributed by atoms with E-state index in [4.69, 9.17) is 14.9 Å². The van der Waals surface area contributed by atoms with Gasteiger partial charge in [-0.1, -0.05) is 12.1 Å². The number of rotatable bonds is 4. The van der Waals surface area contributed by atoms with Crippen molar-refractivity contribution in [3.05, 3.63) is 24.3 Å². The van der Waals surface area contributed by atoms with Crippen LogP contribution in [0.1, 0.15) is 12.8 Å². The number of carbonyl (C=O) groups excluding carboxylic acids is 1. The van der Waals surface area contributed by atoms with E-state index < -0.39 is 12.1 Å². The van der Waals surface area contributed by atoms with Gasteiger partial charge in [-0.15, -0.1) is 0 Å². The van der Waals surface area contributed by atoms with Crippen molar-refractivity contribution in [1.29, 1.82) is 0 Å². The van der Waals surface area contributed by atoms with Gasteiger partial charge in [-0.2, -0.15) is 0 Å². The molecule has 0 radical (unpaired) electrons. The second-order valence-electron chi connectivity index (χ2n) is 4.70. The summed E-state index contributed by atoms with van der Waals surface area (Å²) in [6.07, 6.45) is -0.794. The van der Waals surface area contributed by atoms with Crippen molar-refractivity contribution in [3.8, 4) is 5.75 Å². The first kappa shape index (κ1) is 15.1. The molecule has 7 nitrogen and oxygen atoms in total. The topological polar surface area (TPSA) is 99.1 Å². The van der Waals surface area contributed by atoms with Gasteiger partial charge in [-0.05, 0) is 18.6 Å². The zero-order valence-electron chi connectivity index (χ0n) is 11.5. The lowest BCUT2D eigenvalue weighted by atomic mass is 10.2. The maximum atomic E-state index is 12.2. The van der Waals surface area contributed by atoms with Crippen LogP contribution >= 0.6 is 0 Å². The predicted octanol–water partition coefficient (Wildman–Crippen LogP) is 0.821. The van der Waals surface area contributed by atoms with Gasteiger partial charge in [0.15, 0.2) is 6.10 Å². The molecule has 0 spiro atoms. The Labute approximate surface area is 122 Å². The highest BCUT2D eigenvalue weighted by molar-refractivity contribution is 5.93. The summed E-state index contributed by atoms with van der Waals surface area (Å²) in [6.45, 7) is 1.15. The van der Waals surface area contributed by atoms with Gasteiger partial charge < -0.3 is 20.3 Å². The number of carboxylic acid groups (broad SMARTS) is 1. The fraction of sp³-hybridized carbons (Fsp3) is 0.429. The van der Waals surface area contributed by atoms with E-state index in [1.807, 2.05) is 12.1 Å². The Bertz CT molecular complexity index is 520. The number of ether oxygens (including phenoxy) is 1. The van der Waals surface area contributed by atoms with E-state index in [0.29, 0.717) is 31.0 Å². The highest BCUT2D eigenvalue weighted by Crippen LogP contribution is 2.30. The molecule has 2 rings (SSSR count). The number of aliphatic carboxylic acids is 1. The lowest BCUT2D eigenvalue weighted by Gasteiger charge is -2.22. The smallest absolute Gasteiger partial charge is 0.332 e. The van der Waals surface area contributed by atoms with Crippen molar-refractivity contribution in [2.24, 2.45) is 0 Å². The molecule has 0 aromatic heterocycles. The molecule has 1 aliphatic heterocycles. The minimum Gasteiger partial charge on any atom is -0.491 e. The number of benzene rings is 1. The number of aliphatic hydroxyl groups is 1. The summed E-state index contributed by atoms with van der Waals surface area (Å²) in [5, 5.41) is 20.4. The number of anilines is 1. The number of hydrogen-bond donors (Lipinski definition) is 3. The molecule has 21 heavy (non-hydrogen) atoms. The Hall–Kier alpha value is -2.28. The first-order valence-corrected chi connectivity index (χ1v) is 6.77. The van der Waals surface area contributed by atoms with E-state index in [2.05, 4.69) is 5.32 Å². The van der Waals surface area contributed by atoms with Gasteiger partial charge in [0.25, 0.3) is 0 Å². The summed E-state index contributed by atoms with van der Waals surface area (Å²) < 4.78 is 5.56. The standard InChI is InChI=1S/C14H18N2O5/c17-11(13(18)19)6-7-15-14(20)16-8-3-9-21-12-5-2-1-4-10(12)16/h1-2,4-5,11,17H,3,6-9H2,(H,15,20)(H,18,19)/t11-/m0/s1. The van der Waals surface area contributed by atoms with Crippen LogP contribution in [0.4, 0.5) is 10.5 Å². The minimum absolute atomic E-state index is 0.0347. The molecule has 2 amide bonds. The van der Waals surface area contributed by atoms with Crippen molar-refractivity contribution >= 4 is 17.7 Å². The molecule has 7 heteroatoms. The van der Waals surface area contributed by atoms with Gasteiger partial charge in [0.05, 0.1) is 12.3 Å². The summed E-state index contributed by atoms with van der Waals surface area (Å²) in [4.78, 5) is 24.3. The second-order valence-corrected chi connectivity index (χ2v) is 4.70. The molecule has 0 saturated heterocycles. The molecular formula is C14H18N2O5. The first-order valence-electron chi connectivity index (χ1n) is 6.77. The molecule has 114 valence electrons. The number of nitrogens with zero attached hydrogens (tertiary/aromatic N) is 1. The third-order valence-corrected chi connectivity index (χ3v) is 3.16. The number of carboxylic acids is 1. The highest BCUT2D eigenvalue weighted by atomic mass is 16.5. The summed E-state index contributed by atoms with van der Waals surface area (Å²) in [5.74, 6) is -0.645. The third kappa shape index (κ3) is 3.85. The number of hydrogen-bond acceptors (Lipinski definition) is 4. The summed E-state index contributed by atoms with van der Waals surface area (Å²) in [6, 6.07) is 6.93. The number of aliphatic hydroxyl groups excluding tert-OH is 1. The maximum Gasteiger partial charge on any atom is 0.332 e. The zero-order chi connectivity index (χ0) is 15.2. The van der Waals surface area contributed by atoms with Crippen LogP contribution in [0.25, 0.3) is 0 Å². The van der Waals surface area contributed by atoms with Crippen LogP contribution in [0.2, 0.25) is 0 Å². The Morgan fingerprint density at radius 2 is 2.14 bits per heavy atom. The Morgan fingerprint density at radius 1 is 1.38 bits per heavy atom. The number of fused-ring (bicyclic) bond motifs is 1. The molecular weight excluding hydrogens is 276 g/mol. The zero-order valence-corrected chi connectivity index (χ0v) is 11.5. The van der Waals surface area contributed by atoms with Crippen molar-refractivity contribution in [2.45, 2.75) is 18.9 Å². The molecule has 0 fully saturated rings. The molecule has 1 aliphatic rings. The van der Waals surface area contributed by atoms with Crippen LogP contribution in [0.5, 0.6) is 5.75 Å². The number of urea groups is 1. The monoisotopic (exact) mass is 294 g/mol. The quantitative estimate of drug-likeness (QED) is 0.763. The van der Waals surface area contributed by atoms with Gasteiger partial charge in [-0.25, -0.2) is 9.59 Å². The molecule has 1 aromatic rings. The average Bonchev–Trinajstić information content (AvgIpc) is 2.69. The molecule has 1 aromatic carbocycles.